The van der Waals surface area contributed by atoms with Crippen molar-refractivity contribution in [3.8, 4) is 0 Å². The Morgan fingerprint density at radius 1 is 1.21 bits per heavy atom. The fourth-order valence-corrected chi connectivity index (χ4v) is 3.68. The monoisotopic (exact) mass is 406 g/mol. The van der Waals surface area contributed by atoms with Gasteiger partial charge in [0.15, 0.2) is 0 Å². The average Bonchev–Trinajstić information content (AvgIpc) is 2.99. The van der Waals surface area contributed by atoms with Crippen LogP contribution in [0.4, 0.5) is 4.79 Å². The maximum atomic E-state index is 12.8. The number of aliphatic hydroxyl groups excluding tert-OH is 3. The molecule has 2 aliphatic heterocycles. The standard InChI is InChI=1S/C20H26N2O7/c1-3-28-19(26)15-11(2)22(9-13-17(24)18(25)14(10-23)29-13)20(27)21-16(15)12-7-5-4-6-8-12/h4-8,13-14,16-18,23-25H,3,9-10H2,1-2H3,(H,21,27)/t13-,14+,16-,17-,18+/m0/s1. The summed E-state index contributed by atoms with van der Waals surface area (Å²) in [6, 6.07) is 7.92. The van der Waals surface area contributed by atoms with Crippen LogP contribution in [0.2, 0.25) is 0 Å². The van der Waals surface area contributed by atoms with Crippen LogP contribution >= 0.6 is 0 Å². The molecule has 0 saturated carbocycles. The summed E-state index contributed by atoms with van der Waals surface area (Å²) < 4.78 is 10.7. The number of nitrogens with one attached hydrogen (secondary N) is 1. The van der Waals surface area contributed by atoms with Crippen molar-refractivity contribution >= 4 is 12.0 Å². The molecule has 4 N–H and O–H groups in total. The van der Waals surface area contributed by atoms with Crippen molar-refractivity contribution in [2.75, 3.05) is 19.8 Å². The van der Waals surface area contributed by atoms with Gasteiger partial charge in [-0.05, 0) is 19.4 Å². The molecule has 0 aromatic heterocycles. The van der Waals surface area contributed by atoms with Gasteiger partial charge in [0.2, 0.25) is 0 Å². The highest BCUT2D eigenvalue weighted by Crippen LogP contribution is 2.32. The van der Waals surface area contributed by atoms with E-state index in [1.165, 1.54) is 4.90 Å². The molecule has 9 heteroatoms. The molecule has 2 aliphatic rings. The zero-order chi connectivity index (χ0) is 21.1. The fourth-order valence-electron chi connectivity index (χ4n) is 3.68. The number of benzene rings is 1. The number of urea groups is 1. The van der Waals surface area contributed by atoms with E-state index in [0.29, 0.717) is 5.70 Å². The number of hydrogen-bond donors (Lipinski definition) is 4. The van der Waals surface area contributed by atoms with E-state index in [1.807, 2.05) is 18.2 Å². The zero-order valence-corrected chi connectivity index (χ0v) is 16.3. The van der Waals surface area contributed by atoms with Gasteiger partial charge in [-0.1, -0.05) is 30.3 Å². The molecule has 2 amide bonds. The maximum absolute atomic E-state index is 12.8. The van der Waals surface area contributed by atoms with Gasteiger partial charge >= 0.3 is 12.0 Å². The predicted octanol–water partition coefficient (Wildman–Crippen LogP) is 0.0715. The Hall–Kier alpha value is -2.46. The van der Waals surface area contributed by atoms with Gasteiger partial charge in [-0.3, -0.25) is 4.90 Å². The van der Waals surface area contributed by atoms with E-state index in [4.69, 9.17) is 9.47 Å². The molecule has 158 valence electrons. The van der Waals surface area contributed by atoms with Gasteiger partial charge < -0.3 is 30.1 Å². The molecule has 1 aromatic carbocycles. The third kappa shape index (κ3) is 4.13. The van der Waals surface area contributed by atoms with Crippen LogP contribution in [0.25, 0.3) is 0 Å². The van der Waals surface area contributed by atoms with Gasteiger partial charge in [-0.15, -0.1) is 0 Å². The highest BCUT2D eigenvalue weighted by atomic mass is 16.6. The quantitative estimate of drug-likeness (QED) is 0.492. The largest absolute Gasteiger partial charge is 0.463 e. The third-order valence-electron chi connectivity index (χ3n) is 5.23. The van der Waals surface area contributed by atoms with E-state index in [2.05, 4.69) is 5.32 Å². The third-order valence-corrected chi connectivity index (χ3v) is 5.23. The van der Waals surface area contributed by atoms with Crippen molar-refractivity contribution in [3.63, 3.8) is 0 Å². The molecule has 0 unspecified atom stereocenters. The summed E-state index contributed by atoms with van der Waals surface area (Å²) in [5.41, 5.74) is 1.39. The molecule has 29 heavy (non-hydrogen) atoms. The van der Waals surface area contributed by atoms with Crippen LogP contribution in [0.15, 0.2) is 41.6 Å². The van der Waals surface area contributed by atoms with Gasteiger partial charge in [0.1, 0.15) is 24.4 Å². The van der Waals surface area contributed by atoms with Crippen LogP contribution in [0.3, 0.4) is 0 Å². The van der Waals surface area contributed by atoms with Crippen LogP contribution in [0.1, 0.15) is 25.5 Å². The summed E-state index contributed by atoms with van der Waals surface area (Å²) in [6.45, 7) is 2.95. The summed E-state index contributed by atoms with van der Waals surface area (Å²) in [5, 5.41) is 32.2. The van der Waals surface area contributed by atoms with Crippen LogP contribution < -0.4 is 5.32 Å². The first-order valence-corrected chi connectivity index (χ1v) is 9.52. The lowest BCUT2D eigenvalue weighted by atomic mass is 9.94. The van der Waals surface area contributed by atoms with Gasteiger partial charge in [-0.2, -0.15) is 0 Å². The van der Waals surface area contributed by atoms with Crippen LogP contribution in [0, 0.1) is 0 Å². The lowest BCUT2D eigenvalue weighted by Crippen LogP contribution is -2.51. The number of ether oxygens (including phenoxy) is 2. The van der Waals surface area contributed by atoms with Gasteiger partial charge in [0, 0.05) is 5.70 Å². The Bertz CT molecular complexity index is 782. The van der Waals surface area contributed by atoms with Crippen LogP contribution in [-0.2, 0) is 14.3 Å². The molecule has 2 heterocycles. The first kappa shape index (κ1) is 21.3. The number of hydrogen-bond acceptors (Lipinski definition) is 7. The summed E-state index contributed by atoms with van der Waals surface area (Å²) in [5.74, 6) is -0.551. The second-order valence-corrected chi connectivity index (χ2v) is 7.00. The molecule has 1 saturated heterocycles. The molecular weight excluding hydrogens is 380 g/mol. The van der Waals surface area contributed by atoms with E-state index in [-0.39, 0.29) is 18.7 Å². The SMILES string of the molecule is CCOC(=O)C1=C(C)N(C[C@@H]2O[C@H](CO)[C@@H](O)[C@H]2O)C(=O)N[C@H]1c1ccccc1. The summed E-state index contributed by atoms with van der Waals surface area (Å²) in [7, 11) is 0. The van der Waals surface area contributed by atoms with E-state index in [0.717, 1.165) is 5.56 Å². The molecule has 9 nitrogen and oxygen atoms in total. The Balaban J connectivity index is 1.93. The minimum Gasteiger partial charge on any atom is -0.463 e. The molecular formula is C20H26N2O7. The van der Waals surface area contributed by atoms with Crippen molar-refractivity contribution in [1.82, 2.24) is 10.2 Å². The summed E-state index contributed by atoms with van der Waals surface area (Å²) >= 11 is 0. The lowest BCUT2D eigenvalue weighted by molar-refractivity contribution is -0.139. The minimum absolute atomic E-state index is 0.100. The highest BCUT2D eigenvalue weighted by Gasteiger charge is 2.45. The lowest BCUT2D eigenvalue weighted by Gasteiger charge is -2.36. The van der Waals surface area contributed by atoms with Crippen molar-refractivity contribution in [1.29, 1.82) is 0 Å². The van der Waals surface area contributed by atoms with Crippen molar-refractivity contribution in [2.24, 2.45) is 0 Å². The number of aliphatic hydroxyl groups is 3. The smallest absolute Gasteiger partial charge is 0.338 e. The zero-order valence-electron chi connectivity index (χ0n) is 16.3. The Kier molecular flexibility index (Phi) is 6.53. The van der Waals surface area contributed by atoms with Crippen molar-refractivity contribution < 1.29 is 34.4 Å². The number of esters is 1. The van der Waals surface area contributed by atoms with E-state index in [1.54, 1.807) is 26.0 Å². The first-order chi connectivity index (χ1) is 13.9. The number of nitrogens with zero attached hydrogens (tertiary/aromatic N) is 1. The second-order valence-electron chi connectivity index (χ2n) is 7.00. The number of carbonyl (C=O) groups excluding carboxylic acids is 2. The number of carbonyl (C=O) groups is 2. The average molecular weight is 406 g/mol. The van der Waals surface area contributed by atoms with Crippen molar-refractivity contribution in [2.45, 2.75) is 44.3 Å². The Morgan fingerprint density at radius 2 is 1.86 bits per heavy atom. The minimum atomic E-state index is -1.27. The van der Waals surface area contributed by atoms with E-state index >= 15 is 0 Å². The Labute approximate surface area is 168 Å². The van der Waals surface area contributed by atoms with Crippen molar-refractivity contribution in [3.05, 3.63) is 47.2 Å². The molecule has 1 aromatic rings. The molecule has 0 aliphatic carbocycles. The van der Waals surface area contributed by atoms with E-state index < -0.39 is 49.1 Å². The van der Waals surface area contributed by atoms with Crippen LogP contribution in [-0.4, -0.2) is 76.4 Å². The molecule has 3 rings (SSSR count). The Morgan fingerprint density at radius 3 is 2.45 bits per heavy atom. The van der Waals surface area contributed by atoms with Gasteiger partial charge in [-0.25, -0.2) is 9.59 Å². The second kappa shape index (κ2) is 8.91. The van der Waals surface area contributed by atoms with Crippen LogP contribution in [0.5, 0.6) is 0 Å². The van der Waals surface area contributed by atoms with Gasteiger partial charge in [0.25, 0.3) is 0 Å². The molecule has 0 radical (unpaired) electrons. The molecule has 0 spiro atoms. The fraction of sp³-hybridized carbons (Fsp3) is 0.500. The summed E-state index contributed by atoms with van der Waals surface area (Å²) in [6.07, 6.45) is -4.39. The number of amides is 2. The maximum Gasteiger partial charge on any atom is 0.338 e. The summed E-state index contributed by atoms with van der Waals surface area (Å²) in [4.78, 5) is 26.8. The predicted molar refractivity (Wildman–Crippen MR) is 102 cm³/mol. The van der Waals surface area contributed by atoms with E-state index in [9.17, 15) is 24.9 Å². The normalized spacial score (nSPS) is 29.8. The topological polar surface area (TPSA) is 129 Å². The molecule has 1 fully saturated rings. The van der Waals surface area contributed by atoms with Gasteiger partial charge in [0.05, 0.1) is 31.4 Å². The first-order valence-electron chi connectivity index (χ1n) is 9.52. The highest BCUT2D eigenvalue weighted by molar-refractivity contribution is 5.95. The molecule has 5 atom stereocenters. The number of rotatable bonds is 6. The molecule has 0 bridgehead atoms. The number of allylic oxidation sites excluding steroid dienone is 1.